The van der Waals surface area contributed by atoms with Crippen molar-refractivity contribution in [2.75, 3.05) is 19.7 Å². The minimum absolute atomic E-state index is 0.0469. The van der Waals surface area contributed by atoms with Crippen molar-refractivity contribution in [3.8, 4) is 0 Å². The van der Waals surface area contributed by atoms with Crippen molar-refractivity contribution in [1.29, 1.82) is 0 Å². The molecule has 0 radical (unpaired) electrons. The first-order valence-corrected chi connectivity index (χ1v) is 4.44. The Bertz CT molecular complexity index is 143. The van der Waals surface area contributed by atoms with E-state index in [0.717, 1.165) is 39.0 Å². The van der Waals surface area contributed by atoms with Gasteiger partial charge in [0, 0.05) is 12.6 Å². The molecule has 0 bridgehead atoms. The summed E-state index contributed by atoms with van der Waals surface area (Å²) in [6.07, 6.45) is 3.22. The van der Waals surface area contributed by atoms with Gasteiger partial charge in [0.25, 0.3) is 0 Å². The molecule has 2 saturated heterocycles. The lowest BCUT2D eigenvalue weighted by Gasteiger charge is -2.36. The summed E-state index contributed by atoms with van der Waals surface area (Å²) in [6, 6.07) is 0.282. The quantitative estimate of drug-likeness (QED) is 0.513. The normalized spacial score (nSPS) is 36.3. The Morgan fingerprint density at radius 3 is 2.64 bits per heavy atom. The number of hydrogen-bond acceptors (Lipinski definition) is 3. The van der Waals surface area contributed by atoms with Gasteiger partial charge in [-0.2, -0.15) is 0 Å². The van der Waals surface area contributed by atoms with Crippen molar-refractivity contribution in [3.63, 3.8) is 0 Å². The van der Waals surface area contributed by atoms with Crippen LogP contribution in [0.4, 0.5) is 0 Å². The van der Waals surface area contributed by atoms with Crippen molar-refractivity contribution in [3.05, 3.63) is 0 Å². The summed E-state index contributed by atoms with van der Waals surface area (Å²) in [5.41, 5.74) is 6.04. The first-order chi connectivity index (χ1) is 5.33. The van der Waals surface area contributed by atoms with E-state index in [-0.39, 0.29) is 11.6 Å². The molecule has 2 aliphatic rings. The molecule has 3 nitrogen and oxygen atoms in total. The second-order valence-electron chi connectivity index (χ2n) is 3.56. The number of hydrogen-bond donors (Lipinski definition) is 2. The number of nitrogens with one attached hydrogen (secondary N) is 1. The van der Waals surface area contributed by atoms with Crippen molar-refractivity contribution in [2.45, 2.75) is 30.9 Å². The molecule has 2 rings (SSSR count). The molecule has 11 heavy (non-hydrogen) atoms. The van der Waals surface area contributed by atoms with Crippen LogP contribution in [0.15, 0.2) is 0 Å². The largest absolute Gasteiger partial charge is 0.373 e. The van der Waals surface area contributed by atoms with Gasteiger partial charge in [-0.1, -0.05) is 0 Å². The molecule has 0 aliphatic carbocycles. The molecule has 64 valence electrons. The second kappa shape index (κ2) is 2.73. The average Bonchev–Trinajstić information content (AvgIpc) is 2.36. The van der Waals surface area contributed by atoms with Crippen LogP contribution in [0.3, 0.4) is 0 Å². The van der Waals surface area contributed by atoms with Crippen LogP contribution in [0, 0.1) is 0 Å². The highest BCUT2D eigenvalue weighted by Crippen LogP contribution is 2.32. The maximum atomic E-state index is 5.99. The fourth-order valence-electron chi connectivity index (χ4n) is 2.12. The monoisotopic (exact) mass is 156 g/mol. The summed E-state index contributed by atoms with van der Waals surface area (Å²) in [4.78, 5) is 0. The summed E-state index contributed by atoms with van der Waals surface area (Å²) in [6.45, 7) is 2.99. The molecule has 2 fully saturated rings. The molecule has 1 spiro atoms. The average molecular weight is 156 g/mol. The number of nitrogens with two attached hydrogens (primary N) is 1. The molecule has 3 heteroatoms. The summed E-state index contributed by atoms with van der Waals surface area (Å²) >= 11 is 0. The van der Waals surface area contributed by atoms with Crippen molar-refractivity contribution >= 4 is 0 Å². The third kappa shape index (κ3) is 1.17. The fraction of sp³-hybridized carbons (Fsp3) is 1.00. The van der Waals surface area contributed by atoms with E-state index in [1.54, 1.807) is 0 Å². The van der Waals surface area contributed by atoms with E-state index in [0.29, 0.717) is 0 Å². The van der Waals surface area contributed by atoms with E-state index in [2.05, 4.69) is 5.32 Å². The lowest BCUT2D eigenvalue weighted by atomic mass is 9.86. The molecule has 1 atom stereocenters. The van der Waals surface area contributed by atoms with Crippen LogP contribution in [-0.2, 0) is 4.74 Å². The topological polar surface area (TPSA) is 47.3 Å². The lowest BCUT2D eigenvalue weighted by molar-refractivity contribution is -0.0273. The van der Waals surface area contributed by atoms with Crippen molar-refractivity contribution in [2.24, 2.45) is 5.73 Å². The van der Waals surface area contributed by atoms with Crippen LogP contribution in [0.2, 0.25) is 0 Å². The molecule has 0 aromatic carbocycles. The van der Waals surface area contributed by atoms with Crippen LogP contribution in [0.5, 0.6) is 0 Å². The second-order valence-corrected chi connectivity index (χ2v) is 3.56. The molecule has 3 N–H and O–H groups in total. The van der Waals surface area contributed by atoms with E-state index in [9.17, 15) is 0 Å². The van der Waals surface area contributed by atoms with Crippen LogP contribution in [-0.4, -0.2) is 31.3 Å². The molecule has 0 unspecified atom stereocenters. The van der Waals surface area contributed by atoms with Crippen LogP contribution in [0.1, 0.15) is 19.3 Å². The van der Waals surface area contributed by atoms with Gasteiger partial charge in [-0.25, -0.2) is 0 Å². The lowest BCUT2D eigenvalue weighted by Crippen LogP contribution is -2.51. The zero-order valence-electron chi connectivity index (χ0n) is 6.81. The van der Waals surface area contributed by atoms with Gasteiger partial charge >= 0.3 is 0 Å². The van der Waals surface area contributed by atoms with E-state index < -0.39 is 0 Å². The Kier molecular flexibility index (Phi) is 1.87. The molecule has 2 aliphatic heterocycles. The molecular formula is C8H16N2O. The van der Waals surface area contributed by atoms with Gasteiger partial charge < -0.3 is 15.8 Å². The smallest absolute Gasteiger partial charge is 0.0857 e. The summed E-state index contributed by atoms with van der Waals surface area (Å²) in [7, 11) is 0. The van der Waals surface area contributed by atoms with Gasteiger partial charge in [-0.3, -0.25) is 0 Å². The maximum Gasteiger partial charge on any atom is 0.0857 e. The predicted octanol–water partition coefficient (Wildman–Crippen LogP) is -0.144. The van der Waals surface area contributed by atoms with Crippen molar-refractivity contribution in [1.82, 2.24) is 5.32 Å². The first kappa shape index (κ1) is 7.53. The van der Waals surface area contributed by atoms with Crippen LogP contribution in [0.25, 0.3) is 0 Å². The van der Waals surface area contributed by atoms with Gasteiger partial charge in [0.15, 0.2) is 0 Å². The Labute approximate surface area is 67.3 Å². The Morgan fingerprint density at radius 1 is 1.36 bits per heavy atom. The molecule has 0 saturated carbocycles. The van der Waals surface area contributed by atoms with E-state index in [1.165, 1.54) is 0 Å². The number of piperidine rings is 1. The van der Waals surface area contributed by atoms with Gasteiger partial charge in [-0.05, 0) is 32.4 Å². The molecular weight excluding hydrogens is 140 g/mol. The van der Waals surface area contributed by atoms with Gasteiger partial charge in [0.1, 0.15) is 0 Å². The molecule has 0 aromatic heterocycles. The van der Waals surface area contributed by atoms with Gasteiger partial charge in [0.05, 0.1) is 5.60 Å². The van der Waals surface area contributed by atoms with Gasteiger partial charge in [0.2, 0.25) is 0 Å². The summed E-state index contributed by atoms with van der Waals surface area (Å²) < 4.78 is 5.73. The number of ether oxygens (including phenoxy) is 1. The van der Waals surface area contributed by atoms with E-state index in [4.69, 9.17) is 10.5 Å². The zero-order valence-corrected chi connectivity index (χ0v) is 6.81. The fourth-order valence-corrected chi connectivity index (χ4v) is 2.12. The Morgan fingerprint density at radius 2 is 2.09 bits per heavy atom. The first-order valence-electron chi connectivity index (χ1n) is 4.44. The zero-order chi connectivity index (χ0) is 7.73. The molecule has 0 aromatic rings. The third-order valence-corrected chi connectivity index (χ3v) is 2.94. The van der Waals surface area contributed by atoms with E-state index >= 15 is 0 Å². The Hall–Kier alpha value is -0.120. The van der Waals surface area contributed by atoms with Crippen LogP contribution < -0.4 is 11.1 Å². The Balaban J connectivity index is 2.06. The highest BCUT2D eigenvalue weighted by atomic mass is 16.5. The SMILES string of the molecule is N[C@H]1CCOC12CCNCC2. The highest BCUT2D eigenvalue weighted by Gasteiger charge is 2.42. The van der Waals surface area contributed by atoms with E-state index in [1.807, 2.05) is 0 Å². The number of rotatable bonds is 0. The van der Waals surface area contributed by atoms with Gasteiger partial charge in [-0.15, -0.1) is 0 Å². The minimum atomic E-state index is 0.0469. The maximum absolute atomic E-state index is 5.99. The third-order valence-electron chi connectivity index (χ3n) is 2.94. The highest BCUT2D eigenvalue weighted by molar-refractivity contribution is 4.98. The standard InChI is InChI=1S/C8H16N2O/c9-7-1-6-11-8(7)2-4-10-5-3-8/h7,10H,1-6,9H2/t7-/m0/s1. The minimum Gasteiger partial charge on any atom is -0.373 e. The molecule has 0 amide bonds. The molecule has 2 heterocycles. The summed E-state index contributed by atoms with van der Waals surface area (Å²) in [5, 5.41) is 3.32. The predicted molar refractivity (Wildman–Crippen MR) is 43.4 cm³/mol. The van der Waals surface area contributed by atoms with Crippen molar-refractivity contribution < 1.29 is 4.74 Å². The van der Waals surface area contributed by atoms with Crippen LogP contribution >= 0.6 is 0 Å². The summed E-state index contributed by atoms with van der Waals surface area (Å²) in [5.74, 6) is 0.